The third-order valence-electron chi connectivity index (χ3n) is 3.96. The first-order valence-electron chi connectivity index (χ1n) is 7.83. The van der Waals surface area contributed by atoms with E-state index < -0.39 is 22.5 Å². The molecule has 0 aliphatic carbocycles. The summed E-state index contributed by atoms with van der Waals surface area (Å²) >= 11 is 0. The molecule has 1 aliphatic heterocycles. The molecule has 1 heterocycles. The molecule has 1 aliphatic rings. The monoisotopic (exact) mass is 363 g/mol. The van der Waals surface area contributed by atoms with Crippen LogP contribution in [0.4, 0.5) is 25.8 Å². The molecule has 0 atom stereocenters. The molecule has 0 bridgehead atoms. The Bertz CT molecular complexity index is 854. The highest BCUT2D eigenvalue weighted by molar-refractivity contribution is 6.08. The largest absolute Gasteiger partial charge is 0.378 e. The number of hydrogen-bond acceptors (Lipinski definition) is 5. The summed E-state index contributed by atoms with van der Waals surface area (Å²) in [6.45, 7) is 1.92. The van der Waals surface area contributed by atoms with E-state index in [9.17, 15) is 23.7 Å². The molecule has 2 aromatic rings. The lowest BCUT2D eigenvalue weighted by atomic mass is 10.1. The van der Waals surface area contributed by atoms with Crippen LogP contribution in [0.15, 0.2) is 36.4 Å². The van der Waals surface area contributed by atoms with Crippen molar-refractivity contribution in [3.8, 4) is 0 Å². The van der Waals surface area contributed by atoms with Crippen molar-refractivity contribution in [2.24, 2.45) is 0 Å². The van der Waals surface area contributed by atoms with Gasteiger partial charge < -0.3 is 15.0 Å². The molecule has 3 rings (SSSR count). The van der Waals surface area contributed by atoms with Crippen molar-refractivity contribution in [3.05, 3.63) is 63.7 Å². The number of benzene rings is 2. The van der Waals surface area contributed by atoms with Gasteiger partial charge in [0.05, 0.1) is 35.1 Å². The van der Waals surface area contributed by atoms with Gasteiger partial charge in [-0.2, -0.15) is 0 Å². The summed E-state index contributed by atoms with van der Waals surface area (Å²) in [5.74, 6) is -2.29. The molecule has 1 fully saturated rings. The summed E-state index contributed by atoms with van der Waals surface area (Å²) < 4.78 is 32.4. The van der Waals surface area contributed by atoms with Crippen molar-refractivity contribution < 1.29 is 23.2 Å². The number of nitro groups is 1. The molecule has 0 spiro atoms. The quantitative estimate of drug-likeness (QED) is 0.667. The Morgan fingerprint density at radius 3 is 2.58 bits per heavy atom. The lowest BCUT2D eigenvalue weighted by Crippen LogP contribution is -2.37. The molecule has 0 saturated carbocycles. The lowest BCUT2D eigenvalue weighted by Gasteiger charge is -2.30. The summed E-state index contributed by atoms with van der Waals surface area (Å²) in [4.78, 5) is 24.9. The number of carbonyl (C=O) groups excluding carboxylic acids is 1. The molecule has 26 heavy (non-hydrogen) atoms. The normalized spacial score (nSPS) is 14.2. The predicted molar refractivity (Wildman–Crippen MR) is 90.4 cm³/mol. The number of amides is 1. The number of nitrogens with one attached hydrogen (secondary N) is 1. The Morgan fingerprint density at radius 1 is 1.15 bits per heavy atom. The molecule has 7 nitrogen and oxygen atoms in total. The fraction of sp³-hybridized carbons (Fsp3) is 0.235. The maximum absolute atomic E-state index is 13.8. The minimum Gasteiger partial charge on any atom is -0.378 e. The van der Waals surface area contributed by atoms with Crippen molar-refractivity contribution >= 4 is 23.0 Å². The van der Waals surface area contributed by atoms with E-state index in [2.05, 4.69) is 5.32 Å². The molecule has 2 aromatic carbocycles. The van der Waals surface area contributed by atoms with Gasteiger partial charge in [-0.05, 0) is 18.2 Å². The fourth-order valence-corrected chi connectivity index (χ4v) is 2.68. The van der Waals surface area contributed by atoms with Gasteiger partial charge in [0.25, 0.3) is 11.6 Å². The molecule has 136 valence electrons. The second-order valence-corrected chi connectivity index (χ2v) is 5.64. The van der Waals surface area contributed by atoms with E-state index in [1.165, 1.54) is 12.1 Å². The lowest BCUT2D eigenvalue weighted by molar-refractivity contribution is -0.384. The average molecular weight is 363 g/mol. The minimum absolute atomic E-state index is 0.00441. The van der Waals surface area contributed by atoms with Crippen LogP contribution in [-0.2, 0) is 4.74 Å². The smallest absolute Gasteiger partial charge is 0.270 e. The van der Waals surface area contributed by atoms with Crippen molar-refractivity contribution in [1.29, 1.82) is 0 Å². The first-order valence-corrected chi connectivity index (χ1v) is 7.83. The van der Waals surface area contributed by atoms with Gasteiger partial charge in [0.15, 0.2) is 0 Å². The van der Waals surface area contributed by atoms with Crippen LogP contribution in [0, 0.1) is 21.7 Å². The average Bonchev–Trinajstić information content (AvgIpc) is 2.65. The number of morpholine rings is 1. The SMILES string of the molecule is O=C(Nc1cc(F)ccc1F)c1cc([N+](=O)[O-])ccc1N1CCOCC1. The second-order valence-electron chi connectivity index (χ2n) is 5.64. The Balaban J connectivity index is 1.97. The van der Waals surface area contributed by atoms with E-state index in [4.69, 9.17) is 4.74 Å². The Labute approximate surface area is 147 Å². The van der Waals surface area contributed by atoms with Gasteiger partial charge in [-0.1, -0.05) is 0 Å². The maximum atomic E-state index is 13.8. The van der Waals surface area contributed by atoms with Crippen molar-refractivity contribution in [2.45, 2.75) is 0 Å². The van der Waals surface area contributed by atoms with Crippen LogP contribution in [0.2, 0.25) is 0 Å². The highest BCUT2D eigenvalue weighted by Crippen LogP contribution is 2.28. The predicted octanol–water partition coefficient (Wildman–Crippen LogP) is 2.96. The molecule has 0 radical (unpaired) electrons. The van der Waals surface area contributed by atoms with Crippen LogP contribution < -0.4 is 10.2 Å². The van der Waals surface area contributed by atoms with Gasteiger partial charge in [0.1, 0.15) is 11.6 Å². The van der Waals surface area contributed by atoms with Gasteiger partial charge in [-0.15, -0.1) is 0 Å². The summed E-state index contributed by atoms with van der Waals surface area (Å²) in [6, 6.07) is 6.56. The van der Waals surface area contributed by atoms with Gasteiger partial charge >= 0.3 is 0 Å². The topological polar surface area (TPSA) is 84.7 Å². The molecule has 0 aromatic heterocycles. The highest BCUT2D eigenvalue weighted by Gasteiger charge is 2.22. The highest BCUT2D eigenvalue weighted by atomic mass is 19.1. The van der Waals surface area contributed by atoms with Gasteiger partial charge in [0.2, 0.25) is 0 Å². The maximum Gasteiger partial charge on any atom is 0.270 e. The van der Waals surface area contributed by atoms with E-state index >= 15 is 0 Å². The third kappa shape index (κ3) is 3.77. The van der Waals surface area contributed by atoms with Crippen LogP contribution in [0.5, 0.6) is 0 Å². The number of anilines is 2. The minimum atomic E-state index is -0.807. The molecule has 1 N–H and O–H groups in total. The van der Waals surface area contributed by atoms with Crippen molar-refractivity contribution in [3.63, 3.8) is 0 Å². The van der Waals surface area contributed by atoms with Gasteiger partial charge in [0, 0.05) is 31.3 Å². The molecule has 1 saturated heterocycles. The Kier molecular flexibility index (Phi) is 5.08. The fourth-order valence-electron chi connectivity index (χ4n) is 2.68. The molecular formula is C17H15F2N3O4. The van der Waals surface area contributed by atoms with Crippen molar-refractivity contribution in [1.82, 2.24) is 0 Å². The molecule has 1 amide bonds. The van der Waals surface area contributed by atoms with Crippen LogP contribution in [0.1, 0.15) is 10.4 Å². The molecular weight excluding hydrogens is 348 g/mol. The van der Waals surface area contributed by atoms with Crippen LogP contribution in [0.3, 0.4) is 0 Å². The Hall–Kier alpha value is -3.07. The first kappa shape index (κ1) is 17.7. The van der Waals surface area contributed by atoms with Crippen molar-refractivity contribution in [2.75, 3.05) is 36.5 Å². The van der Waals surface area contributed by atoms with Gasteiger partial charge in [-0.3, -0.25) is 14.9 Å². The van der Waals surface area contributed by atoms with Crippen LogP contribution in [0.25, 0.3) is 0 Å². The summed E-state index contributed by atoms with van der Waals surface area (Å²) in [5, 5.41) is 13.3. The summed E-state index contributed by atoms with van der Waals surface area (Å²) in [5.41, 5.74) is -0.140. The van der Waals surface area contributed by atoms with E-state index in [0.717, 1.165) is 24.3 Å². The number of ether oxygens (including phenoxy) is 1. The van der Waals surface area contributed by atoms with Crippen LogP contribution in [-0.4, -0.2) is 37.1 Å². The summed E-state index contributed by atoms with van der Waals surface area (Å²) in [6.07, 6.45) is 0. The third-order valence-corrected chi connectivity index (χ3v) is 3.96. The number of carbonyl (C=O) groups is 1. The van der Waals surface area contributed by atoms with Crippen LogP contribution >= 0.6 is 0 Å². The molecule has 0 unspecified atom stereocenters. The number of nitro benzene ring substituents is 1. The van der Waals surface area contributed by atoms with E-state index in [-0.39, 0.29) is 16.9 Å². The summed E-state index contributed by atoms with van der Waals surface area (Å²) in [7, 11) is 0. The zero-order chi connectivity index (χ0) is 18.7. The zero-order valence-electron chi connectivity index (χ0n) is 13.6. The van der Waals surface area contributed by atoms with Gasteiger partial charge in [-0.25, -0.2) is 8.78 Å². The number of rotatable bonds is 4. The number of halogens is 2. The number of non-ortho nitro benzene ring substituents is 1. The van der Waals surface area contributed by atoms with E-state index in [0.29, 0.717) is 32.0 Å². The first-order chi connectivity index (χ1) is 12.5. The number of hydrogen-bond donors (Lipinski definition) is 1. The van der Waals surface area contributed by atoms with E-state index in [1.54, 1.807) is 0 Å². The Morgan fingerprint density at radius 2 is 1.88 bits per heavy atom. The second kappa shape index (κ2) is 7.44. The van der Waals surface area contributed by atoms with E-state index in [1.807, 2.05) is 4.90 Å². The zero-order valence-corrected chi connectivity index (χ0v) is 13.6. The number of nitrogens with zero attached hydrogens (tertiary/aromatic N) is 2. The standard InChI is InChI=1S/C17H15F2N3O4/c18-11-1-3-14(19)15(9-11)20-17(23)13-10-12(22(24)25)2-4-16(13)21-5-7-26-8-6-21/h1-4,9-10H,5-8H2,(H,20,23). The molecule has 9 heteroatoms.